The summed E-state index contributed by atoms with van der Waals surface area (Å²) < 4.78 is 25.7. The molecule has 0 amide bonds. The Bertz CT molecular complexity index is 375. The van der Waals surface area contributed by atoms with Crippen molar-refractivity contribution >= 4 is 24.6 Å². The third kappa shape index (κ3) is 10.8. The van der Waals surface area contributed by atoms with Crippen LogP contribution in [0.1, 0.15) is 6.92 Å². The quantitative estimate of drug-likeness (QED) is 0.377. The number of hydrogen-bond acceptors (Lipinski definition) is 11. The van der Waals surface area contributed by atoms with Gasteiger partial charge in [0.25, 0.3) is 0 Å². The van der Waals surface area contributed by atoms with Crippen LogP contribution in [0.2, 0.25) is 0 Å². The van der Waals surface area contributed by atoms with Crippen LogP contribution in [0.25, 0.3) is 0 Å². The van der Waals surface area contributed by atoms with Gasteiger partial charge in [0.1, 0.15) is 13.2 Å². The zero-order valence-electron chi connectivity index (χ0n) is 13.1. The molecule has 0 atom stereocenters. The molecule has 0 aliphatic carbocycles. The van der Waals surface area contributed by atoms with Crippen molar-refractivity contribution in [2.75, 3.05) is 47.1 Å². The molecule has 23 heavy (non-hydrogen) atoms. The Labute approximate surface area is 132 Å². The molecule has 0 aromatic heterocycles. The van der Waals surface area contributed by atoms with Gasteiger partial charge in [0, 0.05) is 13.1 Å². The highest BCUT2D eigenvalue weighted by Gasteiger charge is 2.14. The molecule has 0 radical (unpaired) electrons. The lowest BCUT2D eigenvalue weighted by Gasteiger charge is -2.19. The lowest BCUT2D eigenvalue weighted by atomic mass is 10.5. The van der Waals surface area contributed by atoms with E-state index in [0.29, 0.717) is 19.6 Å². The first-order valence-corrected chi connectivity index (χ1v) is 6.50. The first-order chi connectivity index (χ1) is 10.9. The fourth-order valence-electron chi connectivity index (χ4n) is 1.22. The van der Waals surface area contributed by atoms with Gasteiger partial charge in [0.05, 0.1) is 14.2 Å². The maximum absolute atomic E-state index is 11.0. The number of nitrogens with zero attached hydrogens (tertiary/aromatic N) is 1. The Morgan fingerprint density at radius 2 is 1.13 bits per heavy atom. The minimum absolute atomic E-state index is 0.0454. The maximum atomic E-state index is 11.0. The Balaban J connectivity index is 3.86. The summed E-state index contributed by atoms with van der Waals surface area (Å²) in [7, 11) is 2.11. The van der Waals surface area contributed by atoms with Gasteiger partial charge in [-0.3, -0.25) is 4.90 Å². The zero-order chi connectivity index (χ0) is 17.7. The topological polar surface area (TPSA) is 127 Å². The third-order valence-corrected chi connectivity index (χ3v) is 2.37. The van der Waals surface area contributed by atoms with Gasteiger partial charge in [-0.2, -0.15) is 0 Å². The van der Waals surface area contributed by atoms with E-state index in [1.165, 1.54) is 0 Å². The van der Waals surface area contributed by atoms with Gasteiger partial charge < -0.3 is 28.4 Å². The van der Waals surface area contributed by atoms with Gasteiger partial charge in [0.15, 0.2) is 0 Å². The number of likely N-dealkylation sites (N-methyl/N-ethyl adjacent to an activating group) is 1. The average Bonchev–Trinajstić information content (AvgIpc) is 2.52. The fourth-order valence-corrected chi connectivity index (χ4v) is 1.22. The molecule has 0 saturated carbocycles. The molecule has 0 aliphatic rings. The molecule has 11 nitrogen and oxygen atoms in total. The molecule has 0 heterocycles. The number of ether oxygens (including phenoxy) is 6. The predicted octanol–water partition coefficient (Wildman–Crippen LogP) is 1.15. The lowest BCUT2D eigenvalue weighted by molar-refractivity contribution is 0.0348. The number of hydrogen-bond donors (Lipinski definition) is 0. The molecular weight excluding hydrogens is 318 g/mol. The third-order valence-electron chi connectivity index (χ3n) is 2.37. The van der Waals surface area contributed by atoms with Crippen molar-refractivity contribution in [1.29, 1.82) is 0 Å². The minimum Gasteiger partial charge on any atom is -0.437 e. The van der Waals surface area contributed by atoms with Crippen molar-refractivity contribution in [2.24, 2.45) is 0 Å². The molecular formula is C12H19NO10. The van der Waals surface area contributed by atoms with Crippen LogP contribution >= 0.6 is 0 Å². The zero-order valence-corrected chi connectivity index (χ0v) is 13.1. The molecule has 0 saturated heterocycles. The van der Waals surface area contributed by atoms with E-state index in [9.17, 15) is 19.2 Å². The summed E-state index contributed by atoms with van der Waals surface area (Å²) in [4.78, 5) is 45.1. The van der Waals surface area contributed by atoms with Crippen LogP contribution in [0.15, 0.2) is 0 Å². The fraction of sp³-hybridized carbons (Fsp3) is 0.667. The van der Waals surface area contributed by atoms with Crippen molar-refractivity contribution in [1.82, 2.24) is 4.90 Å². The summed E-state index contributed by atoms with van der Waals surface area (Å²) in [5, 5.41) is 0. The van der Waals surface area contributed by atoms with Crippen molar-refractivity contribution in [3.05, 3.63) is 0 Å². The van der Waals surface area contributed by atoms with E-state index in [2.05, 4.69) is 28.4 Å². The highest BCUT2D eigenvalue weighted by atomic mass is 16.8. The molecule has 0 aliphatic heterocycles. The summed E-state index contributed by atoms with van der Waals surface area (Å²) >= 11 is 0. The molecule has 0 N–H and O–H groups in total. The van der Waals surface area contributed by atoms with Crippen LogP contribution < -0.4 is 0 Å². The van der Waals surface area contributed by atoms with Crippen LogP contribution in [0.3, 0.4) is 0 Å². The largest absolute Gasteiger partial charge is 0.518 e. The molecule has 132 valence electrons. The summed E-state index contributed by atoms with van der Waals surface area (Å²) in [6, 6.07) is 0. The monoisotopic (exact) mass is 337 g/mol. The van der Waals surface area contributed by atoms with Crippen LogP contribution in [-0.2, 0) is 28.4 Å². The van der Waals surface area contributed by atoms with Crippen molar-refractivity contribution in [3.63, 3.8) is 0 Å². The van der Waals surface area contributed by atoms with E-state index in [1.807, 2.05) is 6.92 Å². The van der Waals surface area contributed by atoms with E-state index < -0.39 is 24.6 Å². The predicted molar refractivity (Wildman–Crippen MR) is 71.8 cm³/mol. The Morgan fingerprint density at radius 1 is 0.739 bits per heavy atom. The van der Waals surface area contributed by atoms with Crippen LogP contribution in [0.5, 0.6) is 0 Å². The van der Waals surface area contributed by atoms with Crippen molar-refractivity contribution in [3.8, 4) is 0 Å². The molecule has 0 spiro atoms. The molecule has 11 heteroatoms. The Kier molecular flexibility index (Phi) is 10.7. The number of carbonyl (C=O) groups is 4. The highest BCUT2D eigenvalue weighted by Crippen LogP contribution is 1.94. The number of methoxy groups -OCH3 is 2. The molecule has 0 aromatic rings. The van der Waals surface area contributed by atoms with Crippen molar-refractivity contribution in [2.45, 2.75) is 6.92 Å². The maximum Gasteiger partial charge on any atom is 0.518 e. The second-order valence-electron chi connectivity index (χ2n) is 3.74. The van der Waals surface area contributed by atoms with E-state index in [1.54, 1.807) is 4.90 Å². The lowest BCUT2D eigenvalue weighted by Crippen LogP contribution is -2.32. The smallest absolute Gasteiger partial charge is 0.437 e. The Hall–Kier alpha value is -2.56. The number of rotatable bonds is 7. The first kappa shape index (κ1) is 20.4. The van der Waals surface area contributed by atoms with E-state index in [-0.39, 0.29) is 13.2 Å². The summed E-state index contributed by atoms with van der Waals surface area (Å²) in [5.74, 6) is 0. The van der Waals surface area contributed by atoms with Gasteiger partial charge in [-0.05, 0) is 6.54 Å². The SMILES string of the molecule is CCN(CCOC(=O)OC(=O)OC)CCOC(=O)OC(=O)OC. The standard InChI is InChI=1S/C12H19NO10/c1-4-13(5-7-20-11(16)22-9(14)18-2)6-8-21-12(17)23-10(15)19-3/h4-8H2,1-3H3. The minimum atomic E-state index is -1.18. The first-order valence-electron chi connectivity index (χ1n) is 6.50. The second kappa shape index (κ2) is 12.0. The average molecular weight is 337 g/mol. The highest BCUT2D eigenvalue weighted by molar-refractivity contribution is 5.77. The summed E-state index contributed by atoms with van der Waals surface area (Å²) in [5.41, 5.74) is 0. The van der Waals surface area contributed by atoms with Crippen LogP contribution in [0, 0.1) is 0 Å². The van der Waals surface area contributed by atoms with Gasteiger partial charge in [0.2, 0.25) is 0 Å². The summed E-state index contributed by atoms with van der Waals surface area (Å²) in [6.07, 6.45) is -4.68. The second-order valence-corrected chi connectivity index (χ2v) is 3.74. The summed E-state index contributed by atoms with van der Waals surface area (Å²) in [6.45, 7) is 2.93. The van der Waals surface area contributed by atoms with E-state index >= 15 is 0 Å². The van der Waals surface area contributed by atoms with Crippen LogP contribution in [0.4, 0.5) is 19.2 Å². The van der Waals surface area contributed by atoms with Gasteiger partial charge in [-0.25, -0.2) is 19.2 Å². The van der Waals surface area contributed by atoms with Crippen LogP contribution in [-0.4, -0.2) is 76.6 Å². The van der Waals surface area contributed by atoms with Gasteiger partial charge >= 0.3 is 24.6 Å². The normalized spacial score (nSPS) is 9.74. The van der Waals surface area contributed by atoms with Gasteiger partial charge in [-0.1, -0.05) is 6.92 Å². The van der Waals surface area contributed by atoms with E-state index in [0.717, 1.165) is 14.2 Å². The molecule has 0 aromatic carbocycles. The Morgan fingerprint density at radius 3 is 1.43 bits per heavy atom. The molecule has 0 fully saturated rings. The number of carbonyl (C=O) groups excluding carboxylic acids is 4. The molecule has 0 bridgehead atoms. The van der Waals surface area contributed by atoms with E-state index in [4.69, 9.17) is 0 Å². The van der Waals surface area contributed by atoms with Crippen molar-refractivity contribution < 1.29 is 47.6 Å². The molecule has 0 rings (SSSR count). The molecule has 0 unspecified atom stereocenters. The van der Waals surface area contributed by atoms with Gasteiger partial charge in [-0.15, -0.1) is 0 Å².